The molecule has 0 saturated heterocycles. The fourth-order valence-electron chi connectivity index (χ4n) is 2.83. The molecule has 32 heavy (non-hydrogen) atoms. The summed E-state index contributed by atoms with van der Waals surface area (Å²) in [4.78, 5) is 12.2. The van der Waals surface area contributed by atoms with Crippen LogP contribution in [0, 0.1) is 5.82 Å². The molecule has 7 nitrogen and oxygen atoms in total. The highest BCUT2D eigenvalue weighted by molar-refractivity contribution is 7.92. The van der Waals surface area contributed by atoms with E-state index in [1.165, 1.54) is 37.4 Å². The lowest BCUT2D eigenvalue weighted by atomic mass is 10.2. The summed E-state index contributed by atoms with van der Waals surface area (Å²) in [5, 5.41) is 2.63. The van der Waals surface area contributed by atoms with Gasteiger partial charge in [-0.3, -0.25) is 9.52 Å². The van der Waals surface area contributed by atoms with Crippen LogP contribution in [0.15, 0.2) is 65.6 Å². The quantitative estimate of drug-likeness (QED) is 0.478. The van der Waals surface area contributed by atoms with E-state index >= 15 is 0 Å². The van der Waals surface area contributed by atoms with E-state index in [1.54, 1.807) is 24.3 Å². The molecule has 0 fully saturated rings. The topological polar surface area (TPSA) is 93.7 Å². The van der Waals surface area contributed by atoms with E-state index in [0.717, 1.165) is 6.07 Å². The van der Waals surface area contributed by atoms with Crippen molar-refractivity contribution in [3.05, 3.63) is 77.1 Å². The molecule has 0 aliphatic rings. The maximum Gasteiger partial charge on any atom is 0.265 e. The molecule has 0 saturated carbocycles. The van der Waals surface area contributed by atoms with E-state index in [2.05, 4.69) is 10.0 Å². The fraction of sp³-hybridized carbons (Fsp3) is 0.136. The number of sulfonamides is 1. The molecule has 3 rings (SSSR count). The Kier molecular flexibility index (Phi) is 7.22. The molecule has 1 amide bonds. The Morgan fingerprint density at radius 2 is 1.72 bits per heavy atom. The molecular weight excluding hydrogens is 459 g/mol. The van der Waals surface area contributed by atoms with Crippen molar-refractivity contribution in [2.24, 2.45) is 0 Å². The summed E-state index contributed by atoms with van der Waals surface area (Å²) in [5.41, 5.74) is 0.215. The zero-order valence-corrected chi connectivity index (χ0v) is 18.8. The predicted octanol–water partition coefficient (Wildman–Crippen LogP) is 4.94. The summed E-state index contributed by atoms with van der Waals surface area (Å²) >= 11 is 5.71. The predicted molar refractivity (Wildman–Crippen MR) is 121 cm³/mol. The summed E-state index contributed by atoms with van der Waals surface area (Å²) in [6.45, 7) is 2.33. The highest BCUT2D eigenvalue weighted by Crippen LogP contribution is 2.30. The minimum Gasteiger partial charge on any atom is -0.495 e. The number of amides is 1. The molecular formula is C22H20ClFN2O5S. The number of benzene rings is 3. The minimum atomic E-state index is -4.08. The first-order chi connectivity index (χ1) is 15.2. The van der Waals surface area contributed by atoms with Crippen molar-refractivity contribution in [3.63, 3.8) is 0 Å². The Morgan fingerprint density at radius 1 is 1.03 bits per heavy atom. The smallest absolute Gasteiger partial charge is 0.265 e. The molecule has 10 heteroatoms. The van der Waals surface area contributed by atoms with Crippen LogP contribution < -0.4 is 19.5 Å². The van der Waals surface area contributed by atoms with E-state index in [4.69, 9.17) is 21.1 Å². The van der Waals surface area contributed by atoms with Gasteiger partial charge in [-0.05, 0) is 67.6 Å². The maximum absolute atomic E-state index is 14.0. The first-order valence-corrected chi connectivity index (χ1v) is 11.3. The van der Waals surface area contributed by atoms with Crippen LogP contribution >= 0.6 is 11.6 Å². The van der Waals surface area contributed by atoms with Crippen molar-refractivity contribution in [2.75, 3.05) is 23.8 Å². The zero-order chi connectivity index (χ0) is 23.3. The number of nitrogens with one attached hydrogen (secondary N) is 2. The van der Waals surface area contributed by atoms with Gasteiger partial charge in [-0.1, -0.05) is 11.6 Å². The molecule has 0 atom stereocenters. The molecule has 168 valence electrons. The van der Waals surface area contributed by atoms with Crippen molar-refractivity contribution in [3.8, 4) is 11.5 Å². The van der Waals surface area contributed by atoms with Gasteiger partial charge in [0.15, 0.2) is 0 Å². The molecule has 0 heterocycles. The van der Waals surface area contributed by atoms with E-state index in [1.807, 2.05) is 6.92 Å². The van der Waals surface area contributed by atoms with Gasteiger partial charge in [0, 0.05) is 16.4 Å². The number of hydrogen-bond acceptors (Lipinski definition) is 5. The van der Waals surface area contributed by atoms with Crippen LogP contribution in [0.1, 0.15) is 17.3 Å². The third-order valence-corrected chi connectivity index (χ3v) is 5.94. The third kappa shape index (κ3) is 5.49. The van der Waals surface area contributed by atoms with Gasteiger partial charge >= 0.3 is 0 Å². The lowest BCUT2D eigenvalue weighted by Crippen LogP contribution is -2.16. The average molecular weight is 479 g/mol. The number of anilines is 2. The second kappa shape index (κ2) is 9.88. The molecule has 0 aliphatic heterocycles. The number of carbonyl (C=O) groups is 1. The van der Waals surface area contributed by atoms with Crippen molar-refractivity contribution >= 4 is 38.9 Å². The molecule has 0 aromatic heterocycles. The van der Waals surface area contributed by atoms with Crippen LogP contribution in [-0.4, -0.2) is 28.0 Å². The second-order valence-corrected chi connectivity index (χ2v) is 8.59. The molecule has 0 aliphatic carbocycles. The van der Waals surface area contributed by atoms with E-state index in [9.17, 15) is 17.6 Å². The Balaban J connectivity index is 1.87. The average Bonchev–Trinajstić information content (AvgIpc) is 2.75. The molecule has 0 radical (unpaired) electrons. The maximum atomic E-state index is 14.0. The largest absolute Gasteiger partial charge is 0.495 e. The van der Waals surface area contributed by atoms with Gasteiger partial charge < -0.3 is 14.8 Å². The fourth-order valence-corrected chi connectivity index (χ4v) is 4.25. The zero-order valence-electron chi connectivity index (χ0n) is 17.2. The summed E-state index contributed by atoms with van der Waals surface area (Å²) in [5.74, 6) is -0.882. The van der Waals surface area contributed by atoms with Gasteiger partial charge in [0.05, 0.1) is 19.3 Å². The minimum absolute atomic E-state index is 0.0686. The second-order valence-electron chi connectivity index (χ2n) is 6.51. The summed E-state index contributed by atoms with van der Waals surface area (Å²) in [7, 11) is -2.75. The first kappa shape index (κ1) is 23.4. The number of rotatable bonds is 8. The number of methoxy groups -OCH3 is 1. The highest BCUT2D eigenvalue weighted by Gasteiger charge is 2.22. The van der Waals surface area contributed by atoms with Gasteiger partial charge in [0.25, 0.3) is 15.9 Å². The van der Waals surface area contributed by atoms with Crippen molar-refractivity contribution in [1.82, 2.24) is 0 Å². The van der Waals surface area contributed by atoms with Crippen LogP contribution in [-0.2, 0) is 10.0 Å². The normalized spacial score (nSPS) is 11.0. The van der Waals surface area contributed by atoms with E-state index in [0.29, 0.717) is 18.0 Å². The Morgan fingerprint density at radius 3 is 2.34 bits per heavy atom. The van der Waals surface area contributed by atoms with Gasteiger partial charge in [-0.2, -0.15) is 0 Å². The third-order valence-electron chi connectivity index (χ3n) is 4.30. The molecule has 0 bridgehead atoms. The SMILES string of the molecule is CCOc1ccc(NS(=O)(=O)c2cc(NC(=O)c3ccc(Cl)cc3F)ccc2OC)cc1. The Hall–Kier alpha value is -3.30. The van der Waals surface area contributed by atoms with Crippen LogP contribution in [0.5, 0.6) is 11.5 Å². The van der Waals surface area contributed by atoms with Crippen LogP contribution in [0.4, 0.5) is 15.8 Å². The van der Waals surface area contributed by atoms with Gasteiger partial charge in [0.1, 0.15) is 22.2 Å². The number of hydrogen-bond donors (Lipinski definition) is 2. The number of carbonyl (C=O) groups excluding carboxylic acids is 1. The Bertz CT molecular complexity index is 1230. The summed E-state index contributed by atoms with van der Waals surface area (Å²) in [6, 6.07) is 14.1. The van der Waals surface area contributed by atoms with Gasteiger partial charge in [0.2, 0.25) is 0 Å². The lowest BCUT2D eigenvalue weighted by molar-refractivity contribution is 0.102. The van der Waals surface area contributed by atoms with Crippen molar-refractivity contribution < 1.29 is 27.1 Å². The Labute approximate surface area is 190 Å². The lowest BCUT2D eigenvalue weighted by Gasteiger charge is -2.14. The van der Waals surface area contributed by atoms with Crippen LogP contribution in [0.3, 0.4) is 0 Å². The monoisotopic (exact) mass is 478 g/mol. The molecule has 0 spiro atoms. The summed E-state index contributed by atoms with van der Waals surface area (Å²) in [6.07, 6.45) is 0. The van der Waals surface area contributed by atoms with Crippen molar-refractivity contribution in [1.29, 1.82) is 0 Å². The van der Waals surface area contributed by atoms with Crippen molar-refractivity contribution in [2.45, 2.75) is 11.8 Å². The van der Waals surface area contributed by atoms with E-state index < -0.39 is 21.7 Å². The number of ether oxygens (including phenoxy) is 2. The molecule has 0 unspecified atom stereocenters. The molecule has 3 aromatic rings. The van der Waals surface area contributed by atoms with Crippen LogP contribution in [0.25, 0.3) is 0 Å². The molecule has 2 N–H and O–H groups in total. The summed E-state index contributed by atoms with van der Waals surface area (Å²) < 4.78 is 53.0. The van der Waals surface area contributed by atoms with Gasteiger partial charge in [-0.15, -0.1) is 0 Å². The number of halogens is 2. The van der Waals surface area contributed by atoms with E-state index in [-0.39, 0.29) is 26.9 Å². The first-order valence-electron chi connectivity index (χ1n) is 9.43. The van der Waals surface area contributed by atoms with Gasteiger partial charge in [-0.25, -0.2) is 12.8 Å². The highest BCUT2D eigenvalue weighted by atomic mass is 35.5. The molecule has 3 aromatic carbocycles. The standard InChI is InChI=1S/C22H20ClFN2O5S/c1-3-31-17-8-5-15(6-9-17)26-32(28,29)21-13-16(7-11-20(21)30-2)25-22(27)18-10-4-14(23)12-19(18)24/h4-13,26H,3H2,1-2H3,(H,25,27). The van der Waals surface area contributed by atoms with Crippen LogP contribution in [0.2, 0.25) is 5.02 Å².